The number of rotatable bonds is 5. The maximum atomic E-state index is 13.5. The summed E-state index contributed by atoms with van der Waals surface area (Å²) in [4.78, 5) is 34.7. The third-order valence-electron chi connectivity index (χ3n) is 6.54. The lowest BCUT2D eigenvalue weighted by Gasteiger charge is -2.20. The molecule has 2 amide bonds. The lowest BCUT2D eigenvalue weighted by molar-refractivity contribution is -0.116. The first kappa shape index (κ1) is 24.1. The fourth-order valence-corrected chi connectivity index (χ4v) is 5.34. The van der Waals surface area contributed by atoms with E-state index in [2.05, 4.69) is 32.0 Å². The first-order chi connectivity index (χ1) is 17.4. The van der Waals surface area contributed by atoms with Gasteiger partial charge in [0.25, 0.3) is 5.91 Å². The molecule has 0 fully saturated rings. The number of nitrogens with zero attached hydrogens (tertiary/aromatic N) is 3. The van der Waals surface area contributed by atoms with Crippen molar-refractivity contribution in [1.82, 2.24) is 0 Å². The normalized spacial score (nSPS) is 16.2. The molecule has 6 heteroatoms. The van der Waals surface area contributed by atoms with Crippen LogP contribution in [-0.4, -0.2) is 29.3 Å². The fourth-order valence-electron chi connectivity index (χ4n) is 4.45. The van der Waals surface area contributed by atoms with Crippen molar-refractivity contribution in [3.63, 3.8) is 0 Å². The molecule has 0 radical (unpaired) electrons. The van der Waals surface area contributed by atoms with Gasteiger partial charge in [-0.05, 0) is 60.2 Å². The molecule has 0 aliphatic carbocycles. The second-order valence-corrected chi connectivity index (χ2v) is 10.4. The minimum atomic E-state index is -0.187. The van der Waals surface area contributed by atoms with Crippen molar-refractivity contribution in [3.8, 4) is 0 Å². The van der Waals surface area contributed by atoms with E-state index in [0.29, 0.717) is 23.3 Å². The number of carbonyl (C=O) groups is 2. The van der Waals surface area contributed by atoms with Crippen molar-refractivity contribution in [2.24, 2.45) is 4.99 Å². The maximum Gasteiger partial charge on any atom is 0.283 e. The fraction of sp³-hybridized carbons (Fsp3) is 0.233. The van der Waals surface area contributed by atoms with Crippen LogP contribution < -0.4 is 9.80 Å². The van der Waals surface area contributed by atoms with E-state index in [0.717, 1.165) is 28.9 Å². The number of aliphatic imine (C=N–C) groups is 1. The molecule has 182 valence electrons. The largest absolute Gasteiger partial charge is 0.311 e. The Morgan fingerprint density at radius 1 is 1.03 bits per heavy atom. The molecule has 0 bridgehead atoms. The Balaban J connectivity index is 1.40. The molecule has 36 heavy (non-hydrogen) atoms. The molecule has 5 nitrogen and oxygen atoms in total. The van der Waals surface area contributed by atoms with Crippen molar-refractivity contribution in [2.45, 2.75) is 33.1 Å². The van der Waals surface area contributed by atoms with Crippen LogP contribution in [-0.2, 0) is 16.0 Å². The van der Waals surface area contributed by atoms with Crippen LogP contribution in [0.1, 0.15) is 42.0 Å². The van der Waals surface area contributed by atoms with Crippen LogP contribution in [0.25, 0.3) is 6.08 Å². The monoisotopic (exact) mass is 495 g/mol. The smallest absolute Gasteiger partial charge is 0.283 e. The molecule has 0 N–H and O–H groups in total. The quantitative estimate of drug-likeness (QED) is 0.397. The van der Waals surface area contributed by atoms with Gasteiger partial charge >= 0.3 is 0 Å². The first-order valence-electron chi connectivity index (χ1n) is 12.2. The van der Waals surface area contributed by atoms with Crippen LogP contribution in [0.4, 0.5) is 11.4 Å². The molecule has 2 heterocycles. The van der Waals surface area contributed by atoms with Crippen molar-refractivity contribution >= 4 is 46.2 Å². The summed E-state index contributed by atoms with van der Waals surface area (Å²) in [6, 6.07) is 24.0. The summed E-state index contributed by atoms with van der Waals surface area (Å²) in [6.45, 7) is 7.01. The van der Waals surface area contributed by atoms with Crippen molar-refractivity contribution in [1.29, 1.82) is 0 Å². The van der Waals surface area contributed by atoms with Crippen LogP contribution in [0, 0.1) is 6.92 Å². The SMILES string of the molecule is Cc1ccc(N2C(=O)C(=Cc3ccc(C(C)C)cc3)N=C2SCC(=O)N2CCc3ccccc32)cc1. The van der Waals surface area contributed by atoms with Gasteiger partial charge in [-0.3, -0.25) is 14.5 Å². The standard InChI is InChI=1S/C30H29N3O2S/c1-20(2)23-12-10-22(11-13-23)18-26-29(35)33(25-14-8-21(3)9-15-25)30(31-26)36-19-28(34)32-17-16-24-6-4-5-7-27(24)32/h4-15,18,20H,16-17,19H2,1-3H3. The van der Waals surface area contributed by atoms with Gasteiger partial charge in [-0.25, -0.2) is 4.99 Å². The number of aryl methyl sites for hydroxylation is 1. The van der Waals surface area contributed by atoms with E-state index in [-0.39, 0.29) is 17.6 Å². The van der Waals surface area contributed by atoms with Crippen molar-refractivity contribution in [3.05, 3.63) is 101 Å². The van der Waals surface area contributed by atoms with E-state index in [1.807, 2.05) is 72.5 Å². The van der Waals surface area contributed by atoms with Gasteiger partial charge in [0.05, 0.1) is 11.4 Å². The van der Waals surface area contributed by atoms with E-state index >= 15 is 0 Å². The summed E-state index contributed by atoms with van der Waals surface area (Å²) in [5, 5.41) is 0.523. The zero-order valence-electron chi connectivity index (χ0n) is 20.8. The molecule has 5 rings (SSSR count). The van der Waals surface area contributed by atoms with E-state index < -0.39 is 0 Å². The molecule has 3 aromatic rings. The lowest BCUT2D eigenvalue weighted by atomic mass is 10.0. The van der Waals surface area contributed by atoms with E-state index in [1.54, 1.807) is 4.90 Å². The number of carbonyl (C=O) groups excluding carboxylic acids is 2. The van der Waals surface area contributed by atoms with Crippen LogP contribution in [0.3, 0.4) is 0 Å². The highest BCUT2D eigenvalue weighted by atomic mass is 32.2. The highest BCUT2D eigenvalue weighted by Gasteiger charge is 2.33. The van der Waals surface area contributed by atoms with Gasteiger partial charge in [-0.2, -0.15) is 0 Å². The number of amidine groups is 1. The summed E-state index contributed by atoms with van der Waals surface area (Å²) in [6.07, 6.45) is 2.68. The number of amides is 2. The Labute approximate surface area is 216 Å². The van der Waals surface area contributed by atoms with E-state index in [4.69, 9.17) is 4.99 Å². The third-order valence-corrected chi connectivity index (χ3v) is 7.46. The lowest BCUT2D eigenvalue weighted by Crippen LogP contribution is -2.34. The summed E-state index contributed by atoms with van der Waals surface area (Å²) in [5.74, 6) is 0.482. The minimum absolute atomic E-state index is 0.0191. The number of thioether (sulfide) groups is 1. The number of hydrogen-bond acceptors (Lipinski definition) is 4. The third kappa shape index (κ3) is 4.86. The summed E-state index contributed by atoms with van der Waals surface area (Å²) in [7, 11) is 0. The molecule has 0 saturated carbocycles. The van der Waals surface area contributed by atoms with Crippen LogP contribution >= 0.6 is 11.8 Å². The predicted octanol–water partition coefficient (Wildman–Crippen LogP) is 6.18. The van der Waals surface area contributed by atoms with Crippen LogP contribution in [0.5, 0.6) is 0 Å². The number of anilines is 2. The number of para-hydroxylation sites is 1. The van der Waals surface area contributed by atoms with Crippen molar-refractivity contribution in [2.75, 3.05) is 22.1 Å². The molecule has 0 atom stereocenters. The molecule has 0 unspecified atom stereocenters. The molecule has 0 aromatic heterocycles. The summed E-state index contributed by atoms with van der Waals surface area (Å²) >= 11 is 1.31. The van der Waals surface area contributed by atoms with E-state index in [1.165, 1.54) is 22.9 Å². The zero-order valence-corrected chi connectivity index (χ0v) is 21.6. The van der Waals surface area contributed by atoms with Gasteiger partial charge in [-0.15, -0.1) is 0 Å². The molecule has 0 saturated heterocycles. The molecule has 2 aliphatic rings. The summed E-state index contributed by atoms with van der Waals surface area (Å²) in [5.41, 5.74) is 6.57. The molecular weight excluding hydrogens is 466 g/mol. The van der Waals surface area contributed by atoms with Gasteiger partial charge in [0, 0.05) is 12.2 Å². The van der Waals surface area contributed by atoms with Gasteiger partial charge in [0.2, 0.25) is 5.91 Å². The van der Waals surface area contributed by atoms with Crippen molar-refractivity contribution < 1.29 is 9.59 Å². The van der Waals surface area contributed by atoms with Gasteiger partial charge in [-0.1, -0.05) is 85.8 Å². The van der Waals surface area contributed by atoms with Gasteiger partial charge in [0.15, 0.2) is 5.17 Å². The van der Waals surface area contributed by atoms with Gasteiger partial charge in [0.1, 0.15) is 5.70 Å². The number of fused-ring (bicyclic) bond motifs is 1. The second kappa shape index (κ2) is 10.2. The first-order valence-corrected chi connectivity index (χ1v) is 13.2. The number of hydrogen-bond donors (Lipinski definition) is 0. The minimum Gasteiger partial charge on any atom is -0.311 e. The molecule has 3 aromatic carbocycles. The second-order valence-electron chi connectivity index (χ2n) is 9.43. The average Bonchev–Trinajstić information content (AvgIpc) is 3.45. The molecule has 2 aliphatic heterocycles. The average molecular weight is 496 g/mol. The Morgan fingerprint density at radius 2 is 1.75 bits per heavy atom. The van der Waals surface area contributed by atoms with Gasteiger partial charge < -0.3 is 4.90 Å². The topological polar surface area (TPSA) is 53.0 Å². The molecular formula is C30H29N3O2S. The Kier molecular flexibility index (Phi) is 6.79. The Morgan fingerprint density at radius 3 is 2.47 bits per heavy atom. The van der Waals surface area contributed by atoms with Crippen LogP contribution in [0.2, 0.25) is 0 Å². The van der Waals surface area contributed by atoms with Crippen LogP contribution in [0.15, 0.2) is 83.5 Å². The molecule has 0 spiro atoms. The van der Waals surface area contributed by atoms with E-state index in [9.17, 15) is 9.59 Å². The number of benzene rings is 3. The Bertz CT molecular complexity index is 1360. The maximum absolute atomic E-state index is 13.5. The summed E-state index contributed by atoms with van der Waals surface area (Å²) < 4.78 is 0. The highest BCUT2D eigenvalue weighted by molar-refractivity contribution is 8.14. The highest BCUT2D eigenvalue weighted by Crippen LogP contribution is 2.32. The zero-order chi connectivity index (χ0) is 25.2. The predicted molar refractivity (Wildman–Crippen MR) is 150 cm³/mol. The Hall–Kier alpha value is -3.64.